The van der Waals surface area contributed by atoms with Crippen molar-refractivity contribution in [3.05, 3.63) is 43.0 Å². The molecule has 0 aliphatic carbocycles. The van der Waals surface area contributed by atoms with Crippen LogP contribution in [0.5, 0.6) is 0 Å². The van der Waals surface area contributed by atoms with Gasteiger partial charge in [0.25, 0.3) is 5.56 Å². The molecule has 0 aromatic carbocycles. The number of nitrogens with zero attached hydrogens (tertiary/aromatic N) is 4. The molecule has 1 aromatic heterocycles. The van der Waals surface area contributed by atoms with Crippen molar-refractivity contribution in [3.8, 4) is 24.2 Å². The number of carbonyl (C=O) groups excluding carboxylic acids is 1. The van der Waals surface area contributed by atoms with E-state index in [2.05, 4.69) is 46.2 Å². The van der Waals surface area contributed by atoms with E-state index in [0.29, 0.717) is 5.75 Å². The topological polar surface area (TPSA) is 320 Å². The molecule has 1 fully saturated rings. The van der Waals surface area contributed by atoms with Gasteiger partial charge in [0.2, 0.25) is 0 Å². The van der Waals surface area contributed by atoms with Gasteiger partial charge in [-0.05, 0) is 18.4 Å². The lowest BCUT2D eigenvalue weighted by molar-refractivity contribution is -0.0601. The fourth-order valence-corrected chi connectivity index (χ4v) is 8.60. The Morgan fingerprint density at radius 1 is 1.18 bits per heavy atom. The fourth-order valence-electron chi connectivity index (χ4n) is 3.59. The first-order chi connectivity index (χ1) is 23.1. The van der Waals surface area contributed by atoms with Gasteiger partial charge in [0, 0.05) is 35.5 Å². The number of terminal acetylenes is 1. The first kappa shape index (κ1) is 42.6. The van der Waals surface area contributed by atoms with Gasteiger partial charge in [-0.25, -0.2) is 23.3 Å². The van der Waals surface area contributed by atoms with Crippen LogP contribution >= 0.6 is 45.1 Å². The Kier molecular flexibility index (Phi) is 18.2. The number of amides is 1. The summed E-state index contributed by atoms with van der Waals surface area (Å²) < 4.78 is 63.4. The minimum Gasteiger partial charge on any atom is -0.449 e. The van der Waals surface area contributed by atoms with Gasteiger partial charge in [0.1, 0.15) is 31.2 Å². The number of carbonyl (C=O) groups is 1. The molecular weight excluding hydrogens is 761 g/mol. The van der Waals surface area contributed by atoms with Crippen molar-refractivity contribution >= 4 is 51.1 Å². The average molecular weight is 793 g/mol. The Balaban J connectivity index is 2.01. The number of rotatable bonds is 20. The number of nitrogens with one attached hydrogen (secondary N) is 2. The molecule has 27 heteroatoms. The third-order valence-electron chi connectivity index (χ3n) is 5.51. The number of azide groups is 1. The van der Waals surface area contributed by atoms with Crippen LogP contribution in [0.2, 0.25) is 0 Å². The number of hydrogen-bond donors (Lipinski definition) is 6. The number of hydrogen-bond acceptors (Lipinski definition) is 15. The number of alkyl carbamates (subject to hydrolysis) is 1. The van der Waals surface area contributed by atoms with Gasteiger partial charge in [-0.1, -0.05) is 38.5 Å². The molecule has 272 valence electrons. The highest BCUT2D eigenvalue weighted by Crippen LogP contribution is 2.66. The van der Waals surface area contributed by atoms with E-state index in [1.54, 1.807) is 21.6 Å². The third-order valence-corrected chi connectivity index (χ3v) is 11.8. The monoisotopic (exact) mass is 792 g/mol. The van der Waals surface area contributed by atoms with Gasteiger partial charge in [0.05, 0.1) is 19.3 Å². The molecule has 1 aliphatic heterocycles. The lowest BCUT2D eigenvalue weighted by Crippen LogP contribution is -2.34. The molecule has 0 saturated carbocycles. The standard InChI is InChI=1S/C22H31N6O16P3S2/c1-2-3-4-5-10-48-49-11-9-39-22(31)24-8-6-7-16-13-28(21(30)26-20(16)29)19-12-17(40-15-25-27-23)18(42-19)14-41-46(35,36)44-47(37,38)43-45(32,33)34/h1,13,17-19H,3-5,8-12,14-15H2,(H,24,31)(H,35,36)(H,37,38)(H,26,29,30)(H2,32,33,34)/t17-,18-,19-/m1/s1. The molecular formula is C22H31N6O16P3S2. The molecule has 2 rings (SSSR count). The van der Waals surface area contributed by atoms with Crippen LogP contribution in [-0.4, -0.2) is 85.4 Å². The number of phosphoric ester groups is 1. The summed E-state index contributed by atoms with van der Waals surface area (Å²) in [4.78, 5) is 77.8. The summed E-state index contributed by atoms with van der Waals surface area (Å²) in [7, 11) is -13.8. The zero-order chi connectivity index (χ0) is 36.5. The van der Waals surface area contributed by atoms with Crippen LogP contribution in [0.3, 0.4) is 0 Å². The number of ether oxygens (including phenoxy) is 3. The Hall–Kier alpha value is -2.59. The molecule has 6 N–H and O–H groups in total. The van der Waals surface area contributed by atoms with Crippen molar-refractivity contribution in [2.45, 2.75) is 44.1 Å². The fraction of sp³-hybridized carbons (Fsp3) is 0.591. The molecule has 0 spiro atoms. The highest BCUT2D eigenvalue weighted by atomic mass is 33.1. The maximum Gasteiger partial charge on any atom is 0.490 e. The second-order valence-electron chi connectivity index (χ2n) is 9.12. The highest BCUT2D eigenvalue weighted by molar-refractivity contribution is 8.76. The smallest absolute Gasteiger partial charge is 0.449 e. The Morgan fingerprint density at radius 3 is 2.61 bits per heavy atom. The molecule has 49 heavy (non-hydrogen) atoms. The number of phosphoric acid groups is 3. The maximum atomic E-state index is 12.6. The predicted molar refractivity (Wildman–Crippen MR) is 172 cm³/mol. The van der Waals surface area contributed by atoms with Crippen molar-refractivity contribution in [2.24, 2.45) is 5.11 Å². The summed E-state index contributed by atoms with van der Waals surface area (Å²) in [6.07, 6.45) is 4.24. The second kappa shape index (κ2) is 20.9. The van der Waals surface area contributed by atoms with E-state index < -0.39 is 72.6 Å². The Bertz CT molecular complexity index is 1700. The normalized spacial score (nSPS) is 19.7. The average Bonchev–Trinajstić information content (AvgIpc) is 3.39. The summed E-state index contributed by atoms with van der Waals surface area (Å²) >= 11 is 0. The van der Waals surface area contributed by atoms with E-state index in [0.717, 1.165) is 35.8 Å². The zero-order valence-corrected chi connectivity index (χ0v) is 29.4. The van der Waals surface area contributed by atoms with E-state index >= 15 is 0 Å². The maximum absolute atomic E-state index is 12.6. The lowest BCUT2D eigenvalue weighted by atomic mass is 10.2. The van der Waals surface area contributed by atoms with Gasteiger partial charge < -0.3 is 39.1 Å². The molecule has 2 heterocycles. The quantitative estimate of drug-likeness (QED) is 0.0209. The van der Waals surface area contributed by atoms with Gasteiger partial charge in [-0.2, -0.15) is 8.62 Å². The molecule has 1 saturated heterocycles. The van der Waals surface area contributed by atoms with Crippen LogP contribution in [0.25, 0.3) is 10.4 Å². The first-order valence-corrected chi connectivity index (χ1v) is 20.6. The van der Waals surface area contributed by atoms with Gasteiger partial charge in [-0.3, -0.25) is 18.9 Å². The molecule has 2 unspecified atom stereocenters. The van der Waals surface area contributed by atoms with Crippen LogP contribution in [0.1, 0.15) is 37.5 Å². The summed E-state index contributed by atoms with van der Waals surface area (Å²) in [5, 5.41) is 5.58. The largest absolute Gasteiger partial charge is 0.490 e. The van der Waals surface area contributed by atoms with Crippen molar-refractivity contribution in [2.75, 3.05) is 38.0 Å². The molecule has 0 bridgehead atoms. The number of unbranched alkanes of at least 4 members (excludes halogenated alkanes) is 2. The van der Waals surface area contributed by atoms with E-state index in [1.807, 2.05) is 4.98 Å². The third kappa shape index (κ3) is 17.3. The van der Waals surface area contributed by atoms with Crippen molar-refractivity contribution in [3.63, 3.8) is 0 Å². The van der Waals surface area contributed by atoms with Crippen molar-refractivity contribution in [1.29, 1.82) is 0 Å². The number of H-pyrrole nitrogens is 1. The summed E-state index contributed by atoms with van der Waals surface area (Å²) in [6, 6.07) is 0. The van der Waals surface area contributed by atoms with Gasteiger partial charge in [0.15, 0.2) is 0 Å². The molecule has 1 aromatic rings. The molecule has 1 aliphatic rings. The first-order valence-electron chi connectivity index (χ1n) is 13.5. The highest BCUT2D eigenvalue weighted by Gasteiger charge is 2.43. The van der Waals surface area contributed by atoms with Gasteiger partial charge >= 0.3 is 35.3 Å². The van der Waals surface area contributed by atoms with Crippen LogP contribution in [0, 0.1) is 24.2 Å². The molecule has 0 radical (unpaired) electrons. The van der Waals surface area contributed by atoms with Crippen LogP contribution < -0.4 is 16.6 Å². The summed E-state index contributed by atoms with van der Waals surface area (Å²) in [5.74, 6) is 9.10. The van der Waals surface area contributed by atoms with Crippen LogP contribution in [0.15, 0.2) is 20.9 Å². The molecule has 22 nitrogen and oxygen atoms in total. The van der Waals surface area contributed by atoms with E-state index in [1.165, 1.54) is 0 Å². The van der Waals surface area contributed by atoms with E-state index in [4.69, 9.17) is 36.0 Å². The lowest BCUT2D eigenvalue weighted by Gasteiger charge is -2.20. The molecule has 5 atom stereocenters. The van der Waals surface area contributed by atoms with E-state index in [9.17, 15) is 37.9 Å². The van der Waals surface area contributed by atoms with E-state index in [-0.39, 0.29) is 25.1 Å². The van der Waals surface area contributed by atoms with Crippen molar-refractivity contribution < 1.29 is 65.4 Å². The summed E-state index contributed by atoms with van der Waals surface area (Å²) in [5.41, 5.74) is 6.47. The SMILES string of the molecule is C#CCCCCSSCCOC(=O)NCC#Cc1cn([C@H]2C[C@@H](OCN=[N+]=[N-])[C@@H](COP(=O)(O)OP(=O)(O)OP(=O)(O)O)O2)c(=O)[nH]c1=O. The van der Waals surface area contributed by atoms with Crippen LogP contribution in [0.4, 0.5) is 4.79 Å². The minimum absolute atomic E-state index is 0.156. The summed E-state index contributed by atoms with van der Waals surface area (Å²) in [6.45, 7) is -1.57. The Labute approximate surface area is 285 Å². The van der Waals surface area contributed by atoms with Crippen molar-refractivity contribution in [1.82, 2.24) is 14.9 Å². The second-order valence-corrected chi connectivity index (χ2v) is 16.2. The Morgan fingerprint density at radius 2 is 1.92 bits per heavy atom. The minimum atomic E-state index is -5.80. The number of aromatic amines is 1. The zero-order valence-electron chi connectivity index (χ0n) is 25.1. The van der Waals surface area contributed by atoms with Gasteiger partial charge in [-0.15, -0.1) is 12.3 Å². The predicted octanol–water partition coefficient (Wildman–Crippen LogP) is 2.08. The number of aromatic nitrogens is 2. The molecule has 1 amide bonds. The van der Waals surface area contributed by atoms with Crippen LogP contribution in [-0.2, 0) is 41.1 Å².